The SMILES string of the molecule is CC(C)(C)c1ccc2c(c1)C(C)(C)c1cc(C(C)(C)C)cc3c1N2c1ccc(C=C2C(=O)c4cc5ccccc5cc4C2=O)cc1C3(C)C. The summed E-state index contributed by atoms with van der Waals surface area (Å²) in [6.45, 7) is 23.1. The summed E-state index contributed by atoms with van der Waals surface area (Å²) in [5.74, 6) is -0.399. The fraction of sp³-hybridized carbons (Fsp3) is 0.304. The van der Waals surface area contributed by atoms with E-state index in [0.29, 0.717) is 11.1 Å². The average molecular weight is 644 g/mol. The Morgan fingerprint density at radius 1 is 0.551 bits per heavy atom. The Kier molecular flexibility index (Phi) is 6.37. The van der Waals surface area contributed by atoms with E-state index in [1.807, 2.05) is 36.4 Å². The van der Waals surface area contributed by atoms with E-state index in [4.69, 9.17) is 0 Å². The molecule has 49 heavy (non-hydrogen) atoms. The van der Waals surface area contributed by atoms with Gasteiger partial charge in [0.05, 0.1) is 22.6 Å². The second-order valence-corrected chi connectivity index (χ2v) is 17.5. The largest absolute Gasteiger partial charge is 0.309 e. The van der Waals surface area contributed by atoms with Crippen molar-refractivity contribution in [1.82, 2.24) is 0 Å². The van der Waals surface area contributed by atoms with E-state index in [2.05, 4.69) is 123 Å². The molecule has 0 spiro atoms. The van der Waals surface area contributed by atoms with Crippen molar-refractivity contribution in [3.05, 3.63) is 141 Å². The van der Waals surface area contributed by atoms with Gasteiger partial charge in [0.2, 0.25) is 0 Å². The molecule has 5 aromatic carbocycles. The lowest BCUT2D eigenvalue weighted by molar-refractivity contribution is 0.0990. The number of fused-ring (bicyclic) bond motifs is 6. The first-order chi connectivity index (χ1) is 22.9. The van der Waals surface area contributed by atoms with Gasteiger partial charge < -0.3 is 4.90 Å². The van der Waals surface area contributed by atoms with Crippen LogP contribution in [0.3, 0.4) is 0 Å². The summed E-state index contributed by atoms with van der Waals surface area (Å²) in [5, 5.41) is 1.93. The molecule has 0 amide bonds. The molecule has 0 aromatic heterocycles. The second kappa shape index (κ2) is 9.91. The molecule has 246 valence electrons. The van der Waals surface area contributed by atoms with Crippen LogP contribution in [-0.4, -0.2) is 11.6 Å². The van der Waals surface area contributed by atoms with E-state index in [-0.39, 0.29) is 38.8 Å². The molecule has 2 aliphatic heterocycles. The fourth-order valence-electron chi connectivity index (χ4n) is 8.27. The quantitative estimate of drug-likeness (QED) is 0.135. The minimum absolute atomic E-state index is 0.0233. The topological polar surface area (TPSA) is 37.4 Å². The van der Waals surface area contributed by atoms with E-state index in [9.17, 15) is 9.59 Å². The Balaban J connectivity index is 1.34. The van der Waals surface area contributed by atoms with Gasteiger partial charge in [0.25, 0.3) is 0 Å². The van der Waals surface area contributed by atoms with Gasteiger partial charge in [-0.15, -0.1) is 0 Å². The van der Waals surface area contributed by atoms with Crippen molar-refractivity contribution in [3.8, 4) is 0 Å². The summed E-state index contributed by atoms with van der Waals surface area (Å²) in [4.78, 5) is 29.9. The summed E-state index contributed by atoms with van der Waals surface area (Å²) in [7, 11) is 0. The highest BCUT2D eigenvalue weighted by Gasteiger charge is 2.46. The van der Waals surface area contributed by atoms with Crippen molar-refractivity contribution in [2.24, 2.45) is 0 Å². The van der Waals surface area contributed by atoms with Gasteiger partial charge >= 0.3 is 0 Å². The smallest absolute Gasteiger partial charge is 0.197 e. The highest BCUT2D eigenvalue weighted by Crippen LogP contribution is 2.61. The third-order valence-electron chi connectivity index (χ3n) is 11.4. The Labute approximate surface area is 290 Å². The monoisotopic (exact) mass is 643 g/mol. The van der Waals surface area contributed by atoms with E-state index >= 15 is 0 Å². The lowest BCUT2D eigenvalue weighted by atomic mass is 9.64. The number of carbonyl (C=O) groups is 2. The summed E-state index contributed by atoms with van der Waals surface area (Å²) < 4.78 is 0. The first-order valence-electron chi connectivity index (χ1n) is 17.5. The van der Waals surface area contributed by atoms with Gasteiger partial charge in [-0.2, -0.15) is 0 Å². The first-order valence-corrected chi connectivity index (χ1v) is 17.5. The first kappa shape index (κ1) is 31.5. The highest BCUT2D eigenvalue weighted by molar-refractivity contribution is 6.42. The number of ketones is 2. The third kappa shape index (κ3) is 4.47. The number of hydrogen-bond acceptors (Lipinski definition) is 3. The Morgan fingerprint density at radius 3 is 1.53 bits per heavy atom. The average Bonchev–Trinajstić information content (AvgIpc) is 3.26. The van der Waals surface area contributed by atoms with Crippen molar-refractivity contribution in [2.75, 3.05) is 4.90 Å². The van der Waals surface area contributed by atoms with Crippen molar-refractivity contribution in [1.29, 1.82) is 0 Å². The number of hydrogen-bond donors (Lipinski definition) is 0. The number of anilines is 3. The molecule has 0 saturated heterocycles. The van der Waals surface area contributed by atoms with Crippen LogP contribution in [-0.2, 0) is 21.7 Å². The molecular weight excluding hydrogens is 599 g/mol. The zero-order chi connectivity index (χ0) is 35.0. The molecule has 2 heterocycles. The maximum absolute atomic E-state index is 13.7. The van der Waals surface area contributed by atoms with Gasteiger partial charge in [-0.25, -0.2) is 0 Å². The number of rotatable bonds is 1. The van der Waals surface area contributed by atoms with Gasteiger partial charge in [-0.3, -0.25) is 9.59 Å². The summed E-state index contributed by atoms with van der Waals surface area (Å²) in [5.41, 5.74) is 13.0. The predicted octanol–water partition coefficient (Wildman–Crippen LogP) is 11.6. The molecule has 5 aromatic rings. The minimum atomic E-state index is -0.338. The minimum Gasteiger partial charge on any atom is -0.309 e. The molecular formula is C46H45NO2. The zero-order valence-corrected chi connectivity index (χ0v) is 30.4. The second-order valence-electron chi connectivity index (χ2n) is 17.5. The van der Waals surface area contributed by atoms with Crippen LogP contribution in [0.5, 0.6) is 0 Å². The predicted molar refractivity (Wildman–Crippen MR) is 203 cm³/mol. The maximum atomic E-state index is 13.7. The fourth-order valence-corrected chi connectivity index (χ4v) is 8.27. The van der Waals surface area contributed by atoms with E-state index in [1.54, 1.807) is 6.08 Å². The molecule has 3 aliphatic rings. The zero-order valence-electron chi connectivity index (χ0n) is 30.4. The molecule has 0 fully saturated rings. The maximum Gasteiger partial charge on any atom is 0.197 e. The van der Waals surface area contributed by atoms with Crippen molar-refractivity contribution in [2.45, 2.75) is 90.9 Å². The van der Waals surface area contributed by atoms with Crippen LogP contribution in [0.15, 0.2) is 90.5 Å². The molecule has 8 rings (SSSR count). The lowest BCUT2D eigenvalue weighted by Crippen LogP contribution is -2.39. The Morgan fingerprint density at radius 2 is 1.02 bits per heavy atom. The number of nitrogens with zero attached hydrogens (tertiary/aromatic N) is 1. The molecule has 3 heteroatoms. The molecule has 3 nitrogen and oxygen atoms in total. The third-order valence-corrected chi connectivity index (χ3v) is 11.4. The number of allylic oxidation sites excluding steroid dienone is 1. The van der Waals surface area contributed by atoms with Crippen molar-refractivity contribution in [3.63, 3.8) is 0 Å². The lowest BCUT2D eigenvalue weighted by Gasteiger charge is -2.50. The Bertz CT molecular complexity index is 2280. The van der Waals surface area contributed by atoms with Crippen LogP contribution < -0.4 is 4.90 Å². The van der Waals surface area contributed by atoms with Gasteiger partial charge in [0.1, 0.15) is 0 Å². The number of carbonyl (C=O) groups excluding carboxylic acids is 2. The summed E-state index contributed by atoms with van der Waals surface area (Å²) in [6, 6.07) is 30.0. The standard InChI is InChI=1S/C46H45NO2/c1-43(2,3)29-16-18-39-35(23-29)46(9,10)37-25-30(44(4,5)6)24-36-40(37)47(39)38-17-15-26(20-34(38)45(36,7)8)19-33-41(48)31-21-27-13-11-12-14-28(27)22-32(31)42(33)49/h11-25H,1-10H3. The van der Waals surface area contributed by atoms with Gasteiger partial charge in [0, 0.05) is 22.0 Å². The van der Waals surface area contributed by atoms with E-state index in [0.717, 1.165) is 22.0 Å². The molecule has 0 N–H and O–H groups in total. The van der Waals surface area contributed by atoms with Crippen LogP contribution >= 0.6 is 0 Å². The van der Waals surface area contributed by atoms with Crippen LogP contribution in [0, 0.1) is 0 Å². The molecule has 0 unspecified atom stereocenters. The molecule has 0 bridgehead atoms. The van der Waals surface area contributed by atoms with Crippen LogP contribution in [0.25, 0.3) is 16.8 Å². The number of benzene rings is 5. The number of Topliss-reactive ketones (excluding diaryl/α,β-unsaturated/α-hetero) is 2. The van der Waals surface area contributed by atoms with Gasteiger partial charge in [0.15, 0.2) is 11.6 Å². The Hall–Kier alpha value is -4.76. The molecule has 0 radical (unpaired) electrons. The molecule has 0 saturated carbocycles. The van der Waals surface area contributed by atoms with Crippen molar-refractivity contribution < 1.29 is 9.59 Å². The summed E-state index contributed by atoms with van der Waals surface area (Å²) >= 11 is 0. The molecule has 1 aliphatic carbocycles. The van der Waals surface area contributed by atoms with Crippen molar-refractivity contribution >= 4 is 45.5 Å². The van der Waals surface area contributed by atoms with Gasteiger partial charge in [-0.1, -0.05) is 124 Å². The van der Waals surface area contributed by atoms with Crippen LogP contribution in [0.1, 0.15) is 129 Å². The van der Waals surface area contributed by atoms with E-state index in [1.165, 1.54) is 44.8 Å². The van der Waals surface area contributed by atoms with Crippen LogP contribution in [0.2, 0.25) is 0 Å². The summed E-state index contributed by atoms with van der Waals surface area (Å²) in [6.07, 6.45) is 1.81. The van der Waals surface area contributed by atoms with Crippen LogP contribution in [0.4, 0.5) is 17.1 Å². The highest BCUT2D eigenvalue weighted by atomic mass is 16.2. The molecule has 0 atom stereocenters. The van der Waals surface area contributed by atoms with E-state index < -0.39 is 0 Å². The van der Waals surface area contributed by atoms with Gasteiger partial charge in [-0.05, 0) is 97.0 Å². The normalized spacial score (nSPS) is 17.1.